The topological polar surface area (TPSA) is 95.9 Å². The summed E-state index contributed by atoms with van der Waals surface area (Å²) >= 11 is 0. The van der Waals surface area contributed by atoms with Gasteiger partial charge in [0.25, 0.3) is 10.1 Å². The molecule has 0 amide bonds. The van der Waals surface area contributed by atoms with Gasteiger partial charge in [0.05, 0.1) is 18.4 Å². The van der Waals surface area contributed by atoms with Crippen molar-refractivity contribution in [3.05, 3.63) is 0 Å². The van der Waals surface area contributed by atoms with Crippen molar-refractivity contribution in [2.45, 2.75) is 25.2 Å². The second kappa shape index (κ2) is 5.04. The zero-order valence-corrected chi connectivity index (χ0v) is 8.53. The van der Waals surface area contributed by atoms with Gasteiger partial charge in [-0.25, -0.2) is 0 Å². The Kier molecular flexibility index (Phi) is 4.27. The van der Waals surface area contributed by atoms with Crippen LogP contribution in [-0.2, 0) is 14.9 Å². The maximum atomic E-state index is 10.4. The van der Waals surface area contributed by atoms with Gasteiger partial charge in [-0.1, -0.05) is 0 Å². The minimum Gasteiger partial charge on any atom is -0.367 e. The number of ether oxygens (including phenoxy) is 1. The van der Waals surface area contributed by atoms with Crippen molar-refractivity contribution in [2.24, 2.45) is 0 Å². The molecule has 0 spiro atoms. The smallest absolute Gasteiger partial charge is 0.264 e. The third kappa shape index (κ3) is 4.34. The van der Waals surface area contributed by atoms with Crippen LogP contribution in [0.15, 0.2) is 0 Å². The first-order chi connectivity index (χ1) is 6.49. The fourth-order valence-corrected chi connectivity index (χ4v) is 1.90. The van der Waals surface area contributed by atoms with E-state index in [2.05, 4.69) is 5.32 Å². The highest BCUT2D eigenvalue weighted by Crippen LogP contribution is 2.08. The van der Waals surface area contributed by atoms with E-state index in [1.165, 1.54) is 0 Å². The van der Waals surface area contributed by atoms with Crippen molar-refractivity contribution in [1.29, 1.82) is 0 Å². The largest absolute Gasteiger partial charge is 0.367 e. The lowest BCUT2D eigenvalue weighted by atomic mass is 10.1. The molecule has 0 aromatic heterocycles. The number of hydrogen-bond donors (Lipinski definition) is 3. The maximum absolute atomic E-state index is 10.4. The first-order valence-electron chi connectivity index (χ1n) is 4.47. The third-order valence-corrected chi connectivity index (χ3v) is 2.86. The number of nitrogens with one attached hydrogen (secondary N) is 1. The van der Waals surface area contributed by atoms with Crippen LogP contribution in [0.5, 0.6) is 0 Å². The minimum absolute atomic E-state index is 0.245. The number of aliphatic hydroxyl groups excluding tert-OH is 1. The predicted octanol–water partition coefficient (Wildman–Crippen LogP) is -1.04. The molecule has 1 saturated heterocycles. The Labute approximate surface area is 83.0 Å². The molecule has 0 aliphatic carbocycles. The van der Waals surface area contributed by atoms with E-state index in [0.29, 0.717) is 26.0 Å². The molecule has 1 rings (SSSR count). The summed E-state index contributed by atoms with van der Waals surface area (Å²) in [6.45, 7) is 1.10. The summed E-state index contributed by atoms with van der Waals surface area (Å²) in [7, 11) is -3.89. The van der Waals surface area contributed by atoms with Crippen LogP contribution in [0.3, 0.4) is 0 Å². The summed E-state index contributed by atoms with van der Waals surface area (Å²) in [4.78, 5) is 0. The zero-order chi connectivity index (χ0) is 10.6. The molecule has 1 heterocycles. The van der Waals surface area contributed by atoms with Gasteiger partial charge < -0.3 is 15.2 Å². The fourth-order valence-electron chi connectivity index (χ4n) is 1.37. The molecular weight excluding hydrogens is 210 g/mol. The lowest BCUT2D eigenvalue weighted by molar-refractivity contribution is -0.140. The Morgan fingerprint density at radius 2 is 2.21 bits per heavy atom. The summed E-state index contributed by atoms with van der Waals surface area (Å²) < 4.78 is 34.2. The van der Waals surface area contributed by atoms with E-state index in [4.69, 9.17) is 9.29 Å². The van der Waals surface area contributed by atoms with E-state index >= 15 is 0 Å². The SMILES string of the molecule is O=S(=O)(O)CCCC1NCCOC1O. The average Bonchev–Trinajstić information content (AvgIpc) is 2.06. The lowest BCUT2D eigenvalue weighted by Crippen LogP contribution is -2.48. The van der Waals surface area contributed by atoms with Crippen molar-refractivity contribution in [3.8, 4) is 0 Å². The van der Waals surface area contributed by atoms with Gasteiger partial charge in [0.2, 0.25) is 0 Å². The van der Waals surface area contributed by atoms with Crippen LogP contribution < -0.4 is 5.32 Å². The van der Waals surface area contributed by atoms with Gasteiger partial charge in [-0.3, -0.25) is 4.55 Å². The second-order valence-corrected chi connectivity index (χ2v) is 4.82. The van der Waals surface area contributed by atoms with Crippen molar-refractivity contribution < 1.29 is 22.8 Å². The first kappa shape index (κ1) is 11.9. The lowest BCUT2D eigenvalue weighted by Gasteiger charge is -2.28. The Hall–Kier alpha value is -0.210. The normalized spacial score (nSPS) is 29.0. The molecule has 0 aromatic rings. The van der Waals surface area contributed by atoms with E-state index in [-0.39, 0.29) is 11.8 Å². The Morgan fingerprint density at radius 1 is 1.50 bits per heavy atom. The van der Waals surface area contributed by atoms with Gasteiger partial charge in [-0.2, -0.15) is 8.42 Å². The molecule has 2 unspecified atom stereocenters. The molecule has 1 aliphatic rings. The molecule has 0 radical (unpaired) electrons. The summed E-state index contributed by atoms with van der Waals surface area (Å²) in [5.74, 6) is -0.280. The zero-order valence-electron chi connectivity index (χ0n) is 7.72. The predicted molar refractivity (Wildman–Crippen MR) is 49.4 cm³/mol. The average molecular weight is 225 g/mol. The van der Waals surface area contributed by atoms with Crippen molar-refractivity contribution in [1.82, 2.24) is 5.32 Å². The number of morpholine rings is 1. The molecule has 3 N–H and O–H groups in total. The molecular formula is C7H15NO5S. The second-order valence-electron chi connectivity index (χ2n) is 3.25. The van der Waals surface area contributed by atoms with Gasteiger partial charge in [0.1, 0.15) is 0 Å². The summed E-state index contributed by atoms with van der Waals surface area (Å²) in [6, 6.07) is -0.245. The molecule has 6 nitrogen and oxygen atoms in total. The minimum atomic E-state index is -3.89. The summed E-state index contributed by atoms with van der Waals surface area (Å²) in [6.07, 6.45) is -0.122. The Bertz CT molecular complexity index is 265. The van der Waals surface area contributed by atoms with E-state index in [0.717, 1.165) is 0 Å². The first-order valence-corrected chi connectivity index (χ1v) is 6.08. The van der Waals surface area contributed by atoms with Crippen molar-refractivity contribution in [2.75, 3.05) is 18.9 Å². The molecule has 7 heteroatoms. The maximum Gasteiger partial charge on any atom is 0.264 e. The summed E-state index contributed by atoms with van der Waals surface area (Å²) in [5, 5.41) is 12.3. The molecule has 2 atom stereocenters. The molecule has 1 aliphatic heterocycles. The Morgan fingerprint density at radius 3 is 2.79 bits per heavy atom. The highest BCUT2D eigenvalue weighted by Gasteiger charge is 2.23. The molecule has 84 valence electrons. The van der Waals surface area contributed by atoms with Crippen LogP contribution in [0.4, 0.5) is 0 Å². The van der Waals surface area contributed by atoms with Crippen LogP contribution in [0, 0.1) is 0 Å². The van der Waals surface area contributed by atoms with Gasteiger partial charge in [0, 0.05) is 6.54 Å². The highest BCUT2D eigenvalue weighted by atomic mass is 32.2. The van der Waals surface area contributed by atoms with Crippen molar-refractivity contribution in [3.63, 3.8) is 0 Å². The number of aliphatic hydroxyl groups is 1. The monoisotopic (exact) mass is 225 g/mol. The van der Waals surface area contributed by atoms with Gasteiger partial charge >= 0.3 is 0 Å². The van der Waals surface area contributed by atoms with Crippen LogP contribution in [0.2, 0.25) is 0 Å². The standard InChI is InChI=1S/C7H15NO5S/c9-7-6(8-3-4-13-7)2-1-5-14(10,11)12/h6-9H,1-5H2,(H,10,11,12). The molecule has 14 heavy (non-hydrogen) atoms. The van der Waals surface area contributed by atoms with E-state index < -0.39 is 16.4 Å². The quantitative estimate of drug-likeness (QED) is 0.529. The van der Waals surface area contributed by atoms with E-state index in [1.54, 1.807) is 0 Å². The molecule has 0 saturated carbocycles. The molecule has 0 bridgehead atoms. The number of hydrogen-bond acceptors (Lipinski definition) is 5. The van der Waals surface area contributed by atoms with Crippen LogP contribution in [0.1, 0.15) is 12.8 Å². The summed E-state index contributed by atoms with van der Waals surface area (Å²) in [5.41, 5.74) is 0. The van der Waals surface area contributed by atoms with Gasteiger partial charge in [0.15, 0.2) is 6.29 Å². The highest BCUT2D eigenvalue weighted by molar-refractivity contribution is 7.85. The van der Waals surface area contributed by atoms with Crippen LogP contribution >= 0.6 is 0 Å². The van der Waals surface area contributed by atoms with Crippen LogP contribution in [0.25, 0.3) is 0 Å². The third-order valence-electron chi connectivity index (χ3n) is 2.06. The number of rotatable bonds is 4. The van der Waals surface area contributed by atoms with E-state index in [1.807, 2.05) is 0 Å². The van der Waals surface area contributed by atoms with Crippen LogP contribution in [-0.4, -0.2) is 49.3 Å². The van der Waals surface area contributed by atoms with Crippen molar-refractivity contribution >= 4 is 10.1 Å². The Balaban J connectivity index is 2.23. The van der Waals surface area contributed by atoms with Gasteiger partial charge in [-0.15, -0.1) is 0 Å². The van der Waals surface area contributed by atoms with Gasteiger partial charge in [-0.05, 0) is 12.8 Å². The van der Waals surface area contributed by atoms with E-state index in [9.17, 15) is 13.5 Å². The molecule has 0 aromatic carbocycles. The fraction of sp³-hybridized carbons (Fsp3) is 1.00. The molecule has 1 fully saturated rings.